The summed E-state index contributed by atoms with van der Waals surface area (Å²) in [5.41, 5.74) is 0. The lowest BCUT2D eigenvalue weighted by Crippen LogP contribution is -3.00. The van der Waals surface area contributed by atoms with Crippen molar-refractivity contribution in [3.63, 3.8) is 0 Å². The normalized spacial score (nSPS) is 13.6. The van der Waals surface area contributed by atoms with Crippen LogP contribution in [0.3, 0.4) is 0 Å². The largest absolute Gasteiger partial charge is 1.00 e. The van der Waals surface area contributed by atoms with Gasteiger partial charge in [-0.2, -0.15) is 0 Å². The third-order valence-corrected chi connectivity index (χ3v) is 4.95. The zero-order valence-corrected chi connectivity index (χ0v) is 17.0. The Labute approximate surface area is 152 Å². The number of hydrogen-bond donors (Lipinski definition) is 0. The SMILES string of the molecule is CCCCCCCC[N+](C)(CCCCCl)CCCCCC.[Cl-]. The van der Waals surface area contributed by atoms with E-state index in [2.05, 4.69) is 20.9 Å². The van der Waals surface area contributed by atoms with Gasteiger partial charge in [0, 0.05) is 5.88 Å². The second-order valence-electron chi connectivity index (χ2n) is 7.01. The van der Waals surface area contributed by atoms with Crippen LogP contribution in [0.4, 0.5) is 0 Å². The molecule has 0 aliphatic rings. The van der Waals surface area contributed by atoms with Crippen LogP contribution in [0, 0.1) is 0 Å². The lowest BCUT2D eigenvalue weighted by molar-refractivity contribution is -0.910. The van der Waals surface area contributed by atoms with Crippen LogP contribution in [0.25, 0.3) is 0 Å². The van der Waals surface area contributed by atoms with Crippen molar-refractivity contribution < 1.29 is 16.9 Å². The van der Waals surface area contributed by atoms with E-state index in [1.807, 2.05) is 0 Å². The molecular weight excluding hydrogens is 313 g/mol. The summed E-state index contributed by atoms with van der Waals surface area (Å²) in [6.07, 6.45) is 16.5. The molecule has 0 radical (unpaired) electrons. The predicted octanol–water partition coefficient (Wildman–Crippen LogP) is 3.40. The highest BCUT2D eigenvalue weighted by molar-refractivity contribution is 6.17. The first-order valence-corrected chi connectivity index (χ1v) is 10.1. The number of hydrogen-bond acceptors (Lipinski definition) is 0. The van der Waals surface area contributed by atoms with Gasteiger partial charge in [-0.25, -0.2) is 0 Å². The molecule has 0 saturated heterocycles. The molecule has 1 nitrogen and oxygen atoms in total. The van der Waals surface area contributed by atoms with Gasteiger partial charge in [-0.1, -0.05) is 52.4 Å². The molecule has 0 N–H and O–H groups in total. The standard InChI is InChI=1S/C19H41ClN.ClH/c1-4-6-8-10-11-14-18-21(3,19-15-12-16-20)17-13-9-7-5-2;/h4-19H2,1-3H3;1H/q+1;/p-1. The Bertz CT molecular complexity index is 212. The van der Waals surface area contributed by atoms with Crippen molar-refractivity contribution in [2.75, 3.05) is 32.6 Å². The molecule has 0 aliphatic heterocycles. The van der Waals surface area contributed by atoms with E-state index < -0.39 is 0 Å². The van der Waals surface area contributed by atoms with Gasteiger partial charge in [0.2, 0.25) is 0 Å². The van der Waals surface area contributed by atoms with E-state index in [4.69, 9.17) is 11.6 Å². The Morgan fingerprint density at radius 2 is 0.955 bits per heavy atom. The van der Waals surface area contributed by atoms with Gasteiger partial charge in [0.15, 0.2) is 0 Å². The molecule has 0 aromatic rings. The lowest BCUT2D eigenvalue weighted by atomic mass is 10.1. The van der Waals surface area contributed by atoms with E-state index in [0.717, 1.165) is 5.88 Å². The quantitative estimate of drug-likeness (QED) is 0.226. The molecule has 0 aliphatic carbocycles. The van der Waals surface area contributed by atoms with Crippen molar-refractivity contribution in [3.05, 3.63) is 0 Å². The van der Waals surface area contributed by atoms with Gasteiger partial charge >= 0.3 is 0 Å². The second kappa shape index (κ2) is 17.9. The maximum absolute atomic E-state index is 5.84. The Morgan fingerprint density at radius 1 is 0.591 bits per heavy atom. The summed E-state index contributed by atoms with van der Waals surface area (Å²) in [4.78, 5) is 0. The van der Waals surface area contributed by atoms with Crippen LogP contribution in [-0.4, -0.2) is 37.0 Å². The van der Waals surface area contributed by atoms with Crippen molar-refractivity contribution in [3.8, 4) is 0 Å². The van der Waals surface area contributed by atoms with E-state index in [-0.39, 0.29) is 12.4 Å². The first-order valence-electron chi connectivity index (χ1n) is 9.58. The molecule has 0 fully saturated rings. The summed E-state index contributed by atoms with van der Waals surface area (Å²) in [6, 6.07) is 0. The van der Waals surface area contributed by atoms with Crippen LogP contribution in [0.15, 0.2) is 0 Å². The molecule has 22 heavy (non-hydrogen) atoms. The molecule has 0 spiro atoms. The van der Waals surface area contributed by atoms with Crippen LogP contribution in [0.1, 0.15) is 90.9 Å². The maximum Gasteiger partial charge on any atom is 0.0784 e. The average molecular weight is 354 g/mol. The van der Waals surface area contributed by atoms with E-state index in [1.54, 1.807) is 0 Å². The van der Waals surface area contributed by atoms with E-state index in [9.17, 15) is 0 Å². The summed E-state index contributed by atoms with van der Waals surface area (Å²) < 4.78 is 1.29. The highest BCUT2D eigenvalue weighted by atomic mass is 35.5. The topological polar surface area (TPSA) is 0 Å². The molecule has 0 rings (SSSR count). The number of alkyl halides is 1. The molecule has 0 aromatic carbocycles. The first-order chi connectivity index (χ1) is 10.2. The molecule has 1 atom stereocenters. The van der Waals surface area contributed by atoms with Crippen molar-refractivity contribution in [2.24, 2.45) is 0 Å². The smallest absolute Gasteiger partial charge is 0.0784 e. The zero-order chi connectivity index (χ0) is 15.8. The fraction of sp³-hybridized carbons (Fsp3) is 1.00. The van der Waals surface area contributed by atoms with Gasteiger partial charge < -0.3 is 16.9 Å². The summed E-state index contributed by atoms with van der Waals surface area (Å²) in [6.45, 7) is 8.66. The zero-order valence-electron chi connectivity index (χ0n) is 15.5. The highest BCUT2D eigenvalue weighted by Crippen LogP contribution is 2.14. The summed E-state index contributed by atoms with van der Waals surface area (Å²) in [5.74, 6) is 0.826. The minimum absolute atomic E-state index is 0. The molecule has 0 aromatic heterocycles. The van der Waals surface area contributed by atoms with Crippen LogP contribution in [0.5, 0.6) is 0 Å². The lowest BCUT2D eigenvalue weighted by Gasteiger charge is -2.35. The summed E-state index contributed by atoms with van der Waals surface area (Å²) in [5, 5.41) is 0. The predicted molar refractivity (Wildman–Crippen MR) is 98.3 cm³/mol. The van der Waals surface area contributed by atoms with Gasteiger partial charge in [-0.3, -0.25) is 0 Å². The Balaban J connectivity index is 0. The highest BCUT2D eigenvalue weighted by Gasteiger charge is 2.19. The van der Waals surface area contributed by atoms with Crippen LogP contribution >= 0.6 is 11.6 Å². The number of quaternary nitrogens is 1. The van der Waals surface area contributed by atoms with Crippen LogP contribution < -0.4 is 12.4 Å². The maximum atomic E-state index is 5.84. The van der Waals surface area contributed by atoms with E-state index in [0.29, 0.717) is 0 Å². The van der Waals surface area contributed by atoms with Crippen LogP contribution in [-0.2, 0) is 0 Å². The van der Waals surface area contributed by atoms with Gasteiger partial charge in [-0.05, 0) is 38.5 Å². The number of rotatable bonds is 16. The Morgan fingerprint density at radius 3 is 1.41 bits per heavy atom. The van der Waals surface area contributed by atoms with Crippen LogP contribution in [0.2, 0.25) is 0 Å². The van der Waals surface area contributed by atoms with E-state index in [1.165, 1.54) is 101 Å². The van der Waals surface area contributed by atoms with Crippen molar-refractivity contribution in [2.45, 2.75) is 90.9 Å². The average Bonchev–Trinajstić information content (AvgIpc) is 2.48. The Kier molecular flexibility index (Phi) is 20.2. The molecule has 136 valence electrons. The number of halogens is 2. The molecule has 0 bridgehead atoms. The second-order valence-corrected chi connectivity index (χ2v) is 7.39. The minimum atomic E-state index is 0. The van der Waals surface area contributed by atoms with Gasteiger partial charge in [-0.15, -0.1) is 11.6 Å². The third-order valence-electron chi connectivity index (χ3n) is 4.68. The minimum Gasteiger partial charge on any atom is -1.00 e. The molecule has 1 unspecified atom stereocenters. The molecule has 0 amide bonds. The third kappa shape index (κ3) is 15.4. The fourth-order valence-corrected chi connectivity index (χ4v) is 3.31. The molecule has 0 heterocycles. The van der Waals surface area contributed by atoms with Gasteiger partial charge in [0.05, 0.1) is 26.7 Å². The van der Waals surface area contributed by atoms with Crippen molar-refractivity contribution >= 4 is 11.6 Å². The molecule has 3 heteroatoms. The molecular formula is C19H41Cl2N. The summed E-state index contributed by atoms with van der Waals surface area (Å²) >= 11 is 5.84. The first kappa shape index (κ1) is 24.8. The fourth-order valence-electron chi connectivity index (χ4n) is 3.12. The van der Waals surface area contributed by atoms with Crippen molar-refractivity contribution in [1.29, 1.82) is 0 Å². The van der Waals surface area contributed by atoms with Gasteiger partial charge in [0.1, 0.15) is 0 Å². The number of nitrogens with zero attached hydrogens (tertiary/aromatic N) is 1. The monoisotopic (exact) mass is 353 g/mol. The summed E-state index contributed by atoms with van der Waals surface area (Å²) in [7, 11) is 2.48. The van der Waals surface area contributed by atoms with Crippen molar-refractivity contribution in [1.82, 2.24) is 0 Å². The Hall–Kier alpha value is 0.540. The van der Waals surface area contributed by atoms with Gasteiger partial charge in [0.25, 0.3) is 0 Å². The van der Waals surface area contributed by atoms with E-state index >= 15 is 0 Å². The number of unbranched alkanes of at least 4 members (excludes halogenated alkanes) is 9. The molecule has 0 saturated carbocycles.